The lowest BCUT2D eigenvalue weighted by molar-refractivity contribution is -0.140. The van der Waals surface area contributed by atoms with E-state index in [1.807, 2.05) is 32.6 Å². The zero-order chi connectivity index (χ0) is 21.9. The molecule has 2 aromatic rings. The first-order valence-electron chi connectivity index (χ1n) is 10.3. The predicted molar refractivity (Wildman–Crippen MR) is 116 cm³/mol. The molecule has 160 valence electrons. The monoisotopic (exact) mass is 410 g/mol. The van der Waals surface area contributed by atoms with Gasteiger partial charge in [-0.1, -0.05) is 20.8 Å². The van der Waals surface area contributed by atoms with Gasteiger partial charge in [0.25, 0.3) is 5.91 Å². The molecule has 0 unspecified atom stereocenters. The Bertz CT molecular complexity index is 911. The van der Waals surface area contributed by atoms with Gasteiger partial charge >= 0.3 is 0 Å². The summed E-state index contributed by atoms with van der Waals surface area (Å²) in [5, 5.41) is 2.86. The van der Waals surface area contributed by atoms with E-state index in [0.717, 1.165) is 24.4 Å². The van der Waals surface area contributed by atoms with Crippen LogP contribution in [0.2, 0.25) is 0 Å². The number of amides is 2. The summed E-state index contributed by atoms with van der Waals surface area (Å²) in [4.78, 5) is 36.1. The number of benzene rings is 1. The van der Waals surface area contributed by atoms with E-state index in [-0.39, 0.29) is 23.1 Å². The van der Waals surface area contributed by atoms with Crippen molar-refractivity contribution >= 4 is 17.5 Å². The van der Waals surface area contributed by atoms with Crippen molar-refractivity contribution in [2.45, 2.75) is 46.5 Å². The molecule has 0 atom stereocenters. The van der Waals surface area contributed by atoms with Gasteiger partial charge in [-0.25, -0.2) is 9.97 Å². The number of rotatable bonds is 4. The number of carbonyl (C=O) groups excluding carboxylic acids is 2. The Kier molecular flexibility index (Phi) is 6.39. The Hall–Kier alpha value is -2.96. The van der Waals surface area contributed by atoms with E-state index in [0.29, 0.717) is 30.0 Å². The molecule has 1 saturated heterocycles. The van der Waals surface area contributed by atoms with Gasteiger partial charge in [-0.3, -0.25) is 9.59 Å². The van der Waals surface area contributed by atoms with Crippen LogP contribution in [0.5, 0.6) is 5.75 Å². The number of nitrogens with one attached hydrogen (secondary N) is 1. The molecule has 0 bridgehead atoms. The minimum atomic E-state index is -0.362. The lowest BCUT2D eigenvalue weighted by atomic mass is 9.90. The van der Waals surface area contributed by atoms with Crippen molar-refractivity contribution in [1.82, 2.24) is 14.9 Å². The summed E-state index contributed by atoms with van der Waals surface area (Å²) < 4.78 is 5.13. The number of aryl methyl sites for hydroxylation is 1. The topological polar surface area (TPSA) is 84.4 Å². The second kappa shape index (κ2) is 8.81. The number of piperidine rings is 1. The molecular weight excluding hydrogens is 380 g/mol. The van der Waals surface area contributed by atoms with E-state index in [2.05, 4.69) is 15.3 Å². The van der Waals surface area contributed by atoms with Crippen molar-refractivity contribution in [1.29, 1.82) is 0 Å². The largest absolute Gasteiger partial charge is 0.497 e. The van der Waals surface area contributed by atoms with Crippen LogP contribution in [0, 0.1) is 12.3 Å². The first-order chi connectivity index (χ1) is 14.2. The lowest BCUT2D eigenvalue weighted by Gasteiger charge is -2.35. The van der Waals surface area contributed by atoms with Crippen LogP contribution in [0.1, 0.15) is 61.4 Å². The summed E-state index contributed by atoms with van der Waals surface area (Å²) in [6.07, 6.45) is 3.26. The summed E-state index contributed by atoms with van der Waals surface area (Å²) >= 11 is 0. The second-order valence-electron chi connectivity index (χ2n) is 8.73. The summed E-state index contributed by atoms with van der Waals surface area (Å²) in [6.45, 7) is 9.09. The molecule has 2 amide bonds. The third kappa shape index (κ3) is 4.96. The SMILES string of the molecule is COc1ccc(NC(=O)c2cnc(C3CCN(C(=O)C(C)(C)C)CC3)nc2C)cc1. The molecule has 30 heavy (non-hydrogen) atoms. The van der Waals surface area contributed by atoms with Gasteiger partial charge in [-0.2, -0.15) is 0 Å². The number of anilines is 1. The Morgan fingerprint density at radius 3 is 2.30 bits per heavy atom. The zero-order valence-corrected chi connectivity index (χ0v) is 18.4. The van der Waals surface area contributed by atoms with Crippen molar-refractivity contribution in [3.05, 3.63) is 47.5 Å². The fourth-order valence-electron chi connectivity index (χ4n) is 3.59. The highest BCUT2D eigenvalue weighted by atomic mass is 16.5. The number of methoxy groups -OCH3 is 1. The minimum Gasteiger partial charge on any atom is -0.497 e. The van der Waals surface area contributed by atoms with Crippen LogP contribution < -0.4 is 10.1 Å². The molecule has 1 N–H and O–H groups in total. The van der Waals surface area contributed by atoms with Crippen LogP contribution in [0.25, 0.3) is 0 Å². The highest BCUT2D eigenvalue weighted by Crippen LogP contribution is 2.29. The van der Waals surface area contributed by atoms with Gasteiger partial charge in [0, 0.05) is 36.3 Å². The average Bonchev–Trinajstić information content (AvgIpc) is 2.73. The van der Waals surface area contributed by atoms with E-state index in [1.54, 1.807) is 37.6 Å². The van der Waals surface area contributed by atoms with Crippen molar-refractivity contribution in [2.24, 2.45) is 5.41 Å². The summed E-state index contributed by atoms with van der Waals surface area (Å²) in [7, 11) is 1.60. The van der Waals surface area contributed by atoms with Crippen LogP contribution in [0.4, 0.5) is 5.69 Å². The molecule has 1 aromatic heterocycles. The second-order valence-corrected chi connectivity index (χ2v) is 8.73. The van der Waals surface area contributed by atoms with Gasteiger partial charge in [0.1, 0.15) is 11.6 Å². The lowest BCUT2D eigenvalue weighted by Crippen LogP contribution is -2.43. The molecule has 0 aliphatic carbocycles. The summed E-state index contributed by atoms with van der Waals surface area (Å²) in [5.41, 5.74) is 1.42. The molecule has 1 fully saturated rings. The minimum absolute atomic E-state index is 0.184. The van der Waals surface area contributed by atoms with Gasteiger partial charge in [-0.15, -0.1) is 0 Å². The molecule has 3 rings (SSSR count). The van der Waals surface area contributed by atoms with Crippen molar-refractivity contribution in [2.75, 3.05) is 25.5 Å². The number of hydrogen-bond acceptors (Lipinski definition) is 5. The standard InChI is InChI=1S/C23H30N4O3/c1-15-19(21(28)26-17-6-8-18(30-5)9-7-17)14-24-20(25-15)16-10-12-27(13-11-16)22(29)23(2,3)4/h6-9,14,16H,10-13H2,1-5H3,(H,26,28). The smallest absolute Gasteiger partial charge is 0.259 e. The van der Waals surface area contributed by atoms with Gasteiger partial charge in [0.15, 0.2) is 0 Å². The molecular formula is C23H30N4O3. The van der Waals surface area contributed by atoms with Crippen LogP contribution in [0.15, 0.2) is 30.5 Å². The Balaban J connectivity index is 1.64. The van der Waals surface area contributed by atoms with Gasteiger partial charge in [0.2, 0.25) is 5.91 Å². The number of carbonyl (C=O) groups is 2. The predicted octanol–water partition coefficient (Wildman–Crippen LogP) is 3.80. The van der Waals surface area contributed by atoms with Crippen molar-refractivity contribution in [3.8, 4) is 5.75 Å². The Labute approximate surface area is 177 Å². The molecule has 7 heteroatoms. The van der Waals surface area contributed by atoms with Crippen LogP contribution in [-0.2, 0) is 4.79 Å². The summed E-state index contributed by atoms with van der Waals surface area (Å²) in [6, 6.07) is 7.15. The number of hydrogen-bond donors (Lipinski definition) is 1. The van der Waals surface area contributed by atoms with Gasteiger partial charge in [0.05, 0.1) is 18.4 Å². The highest BCUT2D eigenvalue weighted by molar-refractivity contribution is 6.04. The van der Waals surface area contributed by atoms with Crippen LogP contribution in [-0.4, -0.2) is 46.9 Å². The molecule has 1 aromatic carbocycles. The number of likely N-dealkylation sites (tertiary alicyclic amines) is 1. The fourth-order valence-corrected chi connectivity index (χ4v) is 3.59. The van der Waals surface area contributed by atoms with E-state index in [9.17, 15) is 9.59 Å². The third-order valence-corrected chi connectivity index (χ3v) is 5.38. The van der Waals surface area contributed by atoms with Crippen LogP contribution in [0.3, 0.4) is 0 Å². The Morgan fingerprint density at radius 2 is 1.77 bits per heavy atom. The molecule has 0 saturated carbocycles. The van der Waals surface area contributed by atoms with E-state index < -0.39 is 0 Å². The Morgan fingerprint density at radius 1 is 1.13 bits per heavy atom. The van der Waals surface area contributed by atoms with Gasteiger partial charge in [-0.05, 0) is 44.0 Å². The zero-order valence-electron chi connectivity index (χ0n) is 18.4. The fraction of sp³-hybridized carbons (Fsp3) is 0.478. The molecule has 1 aliphatic rings. The van der Waals surface area contributed by atoms with Crippen molar-refractivity contribution in [3.63, 3.8) is 0 Å². The normalized spacial score (nSPS) is 15.0. The van der Waals surface area contributed by atoms with E-state index in [1.165, 1.54) is 0 Å². The maximum atomic E-state index is 12.6. The molecule has 2 heterocycles. The summed E-state index contributed by atoms with van der Waals surface area (Å²) in [5.74, 6) is 1.62. The van der Waals surface area contributed by atoms with Gasteiger partial charge < -0.3 is 15.0 Å². The first-order valence-corrected chi connectivity index (χ1v) is 10.3. The molecule has 7 nitrogen and oxygen atoms in total. The number of aromatic nitrogens is 2. The van der Waals surface area contributed by atoms with Crippen LogP contribution >= 0.6 is 0 Å². The molecule has 1 aliphatic heterocycles. The maximum Gasteiger partial charge on any atom is 0.259 e. The number of nitrogens with zero attached hydrogens (tertiary/aromatic N) is 3. The highest BCUT2D eigenvalue weighted by Gasteiger charge is 2.31. The first kappa shape index (κ1) is 21.7. The number of ether oxygens (including phenoxy) is 1. The van der Waals surface area contributed by atoms with E-state index in [4.69, 9.17) is 4.74 Å². The third-order valence-electron chi connectivity index (χ3n) is 5.38. The average molecular weight is 411 g/mol. The van der Waals surface area contributed by atoms with E-state index >= 15 is 0 Å². The maximum absolute atomic E-state index is 12.6. The van der Waals surface area contributed by atoms with Crippen molar-refractivity contribution < 1.29 is 14.3 Å². The molecule has 0 radical (unpaired) electrons. The molecule has 0 spiro atoms. The quantitative estimate of drug-likeness (QED) is 0.829.